The van der Waals surface area contributed by atoms with Crippen LogP contribution in [0.15, 0.2) is 36.8 Å². The molecule has 0 saturated carbocycles. The minimum atomic E-state index is -0.608. The van der Waals surface area contributed by atoms with Crippen LogP contribution in [0.25, 0.3) is 0 Å². The van der Waals surface area contributed by atoms with E-state index in [4.69, 9.17) is 5.73 Å². The van der Waals surface area contributed by atoms with E-state index in [1.54, 1.807) is 35.5 Å². The summed E-state index contributed by atoms with van der Waals surface area (Å²) in [6, 6.07) is 5.27. The van der Waals surface area contributed by atoms with Crippen LogP contribution in [-0.2, 0) is 0 Å². The SMILES string of the molecule is NC(=O)c1cncc(N2CCN(C(=O)c3ccccn3)CC2)n1. The van der Waals surface area contributed by atoms with Gasteiger partial charge in [-0.2, -0.15) is 0 Å². The van der Waals surface area contributed by atoms with Crippen LogP contribution < -0.4 is 10.6 Å². The number of rotatable bonds is 3. The number of nitrogens with zero attached hydrogens (tertiary/aromatic N) is 5. The van der Waals surface area contributed by atoms with Gasteiger partial charge in [-0.15, -0.1) is 0 Å². The first kappa shape index (κ1) is 14.9. The van der Waals surface area contributed by atoms with Crippen molar-refractivity contribution in [2.45, 2.75) is 0 Å². The highest BCUT2D eigenvalue weighted by molar-refractivity contribution is 5.92. The summed E-state index contributed by atoms with van der Waals surface area (Å²) in [6.07, 6.45) is 4.53. The number of anilines is 1. The van der Waals surface area contributed by atoms with E-state index in [0.717, 1.165) is 0 Å². The lowest BCUT2D eigenvalue weighted by atomic mass is 10.2. The summed E-state index contributed by atoms with van der Waals surface area (Å²) >= 11 is 0. The average molecular weight is 312 g/mol. The Morgan fingerprint density at radius 3 is 2.48 bits per heavy atom. The Bertz CT molecular complexity index is 713. The predicted octanol–water partition coefficient (Wildman–Crippen LogP) is -0.0671. The Morgan fingerprint density at radius 2 is 1.83 bits per heavy atom. The summed E-state index contributed by atoms with van der Waals surface area (Å²) in [4.78, 5) is 39.5. The smallest absolute Gasteiger partial charge is 0.272 e. The lowest BCUT2D eigenvalue weighted by molar-refractivity contribution is 0.0740. The lowest BCUT2D eigenvalue weighted by Crippen LogP contribution is -2.49. The van der Waals surface area contributed by atoms with Crippen molar-refractivity contribution in [3.63, 3.8) is 0 Å². The second kappa shape index (κ2) is 6.39. The molecule has 1 saturated heterocycles. The fraction of sp³-hybridized carbons (Fsp3) is 0.267. The van der Waals surface area contributed by atoms with Gasteiger partial charge in [0.1, 0.15) is 17.2 Å². The second-order valence-electron chi connectivity index (χ2n) is 5.12. The molecule has 2 aromatic rings. The highest BCUT2D eigenvalue weighted by Gasteiger charge is 2.23. The van der Waals surface area contributed by atoms with Crippen molar-refractivity contribution in [2.24, 2.45) is 5.73 Å². The number of nitrogens with two attached hydrogens (primary N) is 1. The molecule has 1 aliphatic rings. The normalized spacial score (nSPS) is 14.6. The molecule has 8 nitrogen and oxygen atoms in total. The maximum atomic E-state index is 12.3. The summed E-state index contributed by atoms with van der Waals surface area (Å²) in [6.45, 7) is 2.32. The summed E-state index contributed by atoms with van der Waals surface area (Å²) in [5, 5.41) is 0. The molecular weight excluding hydrogens is 296 g/mol. The minimum Gasteiger partial charge on any atom is -0.364 e. The van der Waals surface area contributed by atoms with Crippen molar-refractivity contribution in [3.05, 3.63) is 48.2 Å². The number of pyridine rings is 1. The summed E-state index contributed by atoms with van der Waals surface area (Å²) < 4.78 is 0. The number of aromatic nitrogens is 3. The third-order valence-corrected chi connectivity index (χ3v) is 3.65. The predicted molar refractivity (Wildman–Crippen MR) is 82.9 cm³/mol. The Kier molecular flexibility index (Phi) is 4.13. The van der Waals surface area contributed by atoms with E-state index in [1.165, 1.54) is 6.20 Å². The molecule has 0 aromatic carbocycles. The first-order valence-electron chi connectivity index (χ1n) is 7.22. The van der Waals surface area contributed by atoms with Crippen LogP contribution in [0.2, 0.25) is 0 Å². The Balaban J connectivity index is 1.66. The van der Waals surface area contributed by atoms with Gasteiger partial charge in [0.05, 0.1) is 12.4 Å². The molecular formula is C15H16N6O2. The van der Waals surface area contributed by atoms with E-state index in [9.17, 15) is 9.59 Å². The average Bonchev–Trinajstić information content (AvgIpc) is 2.62. The molecule has 2 aromatic heterocycles. The molecule has 0 radical (unpaired) electrons. The molecule has 2 amide bonds. The quantitative estimate of drug-likeness (QED) is 0.850. The van der Waals surface area contributed by atoms with E-state index in [1.807, 2.05) is 4.90 Å². The van der Waals surface area contributed by atoms with Gasteiger partial charge in [0.15, 0.2) is 0 Å². The number of primary amides is 1. The van der Waals surface area contributed by atoms with Crippen LogP contribution >= 0.6 is 0 Å². The third kappa shape index (κ3) is 3.25. The van der Waals surface area contributed by atoms with Gasteiger partial charge in [-0.05, 0) is 12.1 Å². The highest BCUT2D eigenvalue weighted by atomic mass is 16.2. The third-order valence-electron chi connectivity index (χ3n) is 3.65. The first-order chi connectivity index (χ1) is 11.1. The highest BCUT2D eigenvalue weighted by Crippen LogP contribution is 2.14. The lowest BCUT2D eigenvalue weighted by Gasteiger charge is -2.35. The zero-order valence-electron chi connectivity index (χ0n) is 12.4. The van der Waals surface area contributed by atoms with E-state index in [-0.39, 0.29) is 11.6 Å². The van der Waals surface area contributed by atoms with Crippen molar-refractivity contribution in [1.82, 2.24) is 19.9 Å². The summed E-state index contributed by atoms with van der Waals surface area (Å²) in [5.41, 5.74) is 5.79. The van der Waals surface area contributed by atoms with Crippen molar-refractivity contribution >= 4 is 17.6 Å². The Morgan fingerprint density at radius 1 is 1.04 bits per heavy atom. The molecule has 1 fully saturated rings. The number of hydrogen-bond acceptors (Lipinski definition) is 6. The zero-order chi connectivity index (χ0) is 16.2. The first-order valence-corrected chi connectivity index (χ1v) is 7.22. The fourth-order valence-corrected chi connectivity index (χ4v) is 2.42. The van der Waals surface area contributed by atoms with E-state index in [2.05, 4.69) is 15.0 Å². The van der Waals surface area contributed by atoms with Gasteiger partial charge in [0.2, 0.25) is 0 Å². The van der Waals surface area contributed by atoms with Crippen LogP contribution in [-0.4, -0.2) is 57.8 Å². The maximum absolute atomic E-state index is 12.3. The molecule has 1 aliphatic heterocycles. The van der Waals surface area contributed by atoms with E-state index >= 15 is 0 Å². The van der Waals surface area contributed by atoms with Crippen LogP contribution in [0.5, 0.6) is 0 Å². The topological polar surface area (TPSA) is 105 Å². The monoisotopic (exact) mass is 312 g/mol. The minimum absolute atomic E-state index is 0.0813. The molecule has 2 N–H and O–H groups in total. The number of piperazine rings is 1. The van der Waals surface area contributed by atoms with Crippen molar-refractivity contribution in [1.29, 1.82) is 0 Å². The zero-order valence-corrected chi connectivity index (χ0v) is 12.4. The van der Waals surface area contributed by atoms with Gasteiger partial charge < -0.3 is 15.5 Å². The standard InChI is InChI=1S/C15H16N6O2/c16-14(22)12-9-17-10-13(19-12)20-5-7-21(8-6-20)15(23)11-3-1-2-4-18-11/h1-4,9-10H,5-8H2,(H2,16,22). The van der Waals surface area contributed by atoms with Crippen LogP contribution in [0.4, 0.5) is 5.82 Å². The summed E-state index contributed by atoms with van der Waals surface area (Å²) in [5.74, 6) is -0.100. The molecule has 23 heavy (non-hydrogen) atoms. The van der Waals surface area contributed by atoms with Crippen molar-refractivity contribution in [2.75, 3.05) is 31.1 Å². The van der Waals surface area contributed by atoms with Gasteiger partial charge in [0, 0.05) is 32.4 Å². The van der Waals surface area contributed by atoms with Crippen LogP contribution in [0.1, 0.15) is 21.0 Å². The van der Waals surface area contributed by atoms with Crippen molar-refractivity contribution in [3.8, 4) is 0 Å². The molecule has 0 atom stereocenters. The molecule has 3 heterocycles. The number of carbonyl (C=O) groups is 2. The molecule has 0 spiro atoms. The maximum Gasteiger partial charge on any atom is 0.272 e. The molecule has 118 valence electrons. The molecule has 8 heteroatoms. The fourth-order valence-electron chi connectivity index (χ4n) is 2.42. The largest absolute Gasteiger partial charge is 0.364 e. The number of carbonyl (C=O) groups excluding carboxylic acids is 2. The number of amides is 2. The number of hydrogen-bond donors (Lipinski definition) is 1. The van der Waals surface area contributed by atoms with E-state index in [0.29, 0.717) is 37.7 Å². The second-order valence-corrected chi connectivity index (χ2v) is 5.12. The summed E-state index contributed by atoms with van der Waals surface area (Å²) in [7, 11) is 0. The van der Waals surface area contributed by atoms with Gasteiger partial charge in [-0.25, -0.2) is 4.98 Å². The Hall–Kier alpha value is -3.03. The molecule has 3 rings (SSSR count). The van der Waals surface area contributed by atoms with Crippen LogP contribution in [0, 0.1) is 0 Å². The van der Waals surface area contributed by atoms with Gasteiger partial charge in [-0.1, -0.05) is 6.07 Å². The van der Waals surface area contributed by atoms with Crippen molar-refractivity contribution < 1.29 is 9.59 Å². The van der Waals surface area contributed by atoms with Gasteiger partial charge >= 0.3 is 0 Å². The molecule has 0 aliphatic carbocycles. The van der Waals surface area contributed by atoms with Crippen LogP contribution in [0.3, 0.4) is 0 Å². The van der Waals surface area contributed by atoms with Gasteiger partial charge in [0.25, 0.3) is 11.8 Å². The van der Waals surface area contributed by atoms with Gasteiger partial charge in [-0.3, -0.25) is 19.6 Å². The molecule has 0 bridgehead atoms. The molecule has 0 unspecified atom stereocenters. The Labute approximate surface area is 133 Å². The van der Waals surface area contributed by atoms with E-state index < -0.39 is 5.91 Å².